The Morgan fingerprint density at radius 3 is 2.62 bits per heavy atom. The molecule has 3 amide bonds. The first kappa shape index (κ1) is 28.0. The van der Waals surface area contributed by atoms with Gasteiger partial charge in [0.2, 0.25) is 17.7 Å². The summed E-state index contributed by atoms with van der Waals surface area (Å²) in [6.07, 6.45) is 5.98. The van der Waals surface area contributed by atoms with E-state index in [1.165, 1.54) is 6.08 Å². The van der Waals surface area contributed by atoms with Crippen molar-refractivity contribution < 1.29 is 23.2 Å². The predicted molar refractivity (Wildman–Crippen MR) is 157 cm³/mol. The summed E-state index contributed by atoms with van der Waals surface area (Å²) in [7, 11) is 0. The fraction of sp³-hybridized carbons (Fsp3) is 0.312. The molecule has 3 aliphatic heterocycles. The van der Waals surface area contributed by atoms with Crippen LogP contribution in [0.25, 0.3) is 16.7 Å². The number of fused-ring (bicyclic) bond motifs is 5. The van der Waals surface area contributed by atoms with E-state index in [9.17, 15) is 23.2 Å². The van der Waals surface area contributed by atoms with E-state index in [4.69, 9.17) is 11.6 Å². The minimum atomic E-state index is -0.878. The first-order valence-electron chi connectivity index (χ1n) is 14.1. The average Bonchev–Trinajstić information content (AvgIpc) is 2.97. The summed E-state index contributed by atoms with van der Waals surface area (Å²) in [5.74, 6) is -2.50. The molecule has 7 nitrogen and oxygen atoms in total. The minimum Gasteiger partial charge on any atom is -0.330 e. The van der Waals surface area contributed by atoms with Crippen molar-refractivity contribution in [2.24, 2.45) is 5.92 Å². The highest BCUT2D eigenvalue weighted by atomic mass is 35.5. The van der Waals surface area contributed by atoms with Crippen molar-refractivity contribution in [2.75, 3.05) is 17.2 Å². The van der Waals surface area contributed by atoms with Gasteiger partial charge >= 0.3 is 0 Å². The van der Waals surface area contributed by atoms with Crippen molar-refractivity contribution >= 4 is 46.3 Å². The largest absolute Gasteiger partial charge is 0.330 e. The smallest absolute Gasteiger partial charge is 0.247 e. The van der Waals surface area contributed by atoms with Crippen LogP contribution in [0.15, 0.2) is 48.7 Å². The van der Waals surface area contributed by atoms with Crippen molar-refractivity contribution in [3.63, 3.8) is 0 Å². The molecule has 0 saturated heterocycles. The van der Waals surface area contributed by atoms with Crippen molar-refractivity contribution in [1.82, 2.24) is 9.88 Å². The molecule has 6 rings (SSSR count). The van der Waals surface area contributed by atoms with Crippen molar-refractivity contribution in [3.8, 4) is 11.1 Å². The van der Waals surface area contributed by atoms with E-state index < -0.39 is 17.7 Å². The van der Waals surface area contributed by atoms with Crippen LogP contribution in [-0.4, -0.2) is 34.2 Å². The molecule has 0 aliphatic carbocycles. The molecule has 4 heterocycles. The lowest BCUT2D eigenvalue weighted by Crippen LogP contribution is -2.38. The highest BCUT2D eigenvalue weighted by Crippen LogP contribution is 2.39. The minimum absolute atomic E-state index is 0.0615. The van der Waals surface area contributed by atoms with Gasteiger partial charge in [0.1, 0.15) is 5.82 Å². The maximum Gasteiger partial charge on any atom is 0.247 e. The van der Waals surface area contributed by atoms with Gasteiger partial charge < -0.3 is 15.5 Å². The van der Waals surface area contributed by atoms with Gasteiger partial charge in [-0.25, -0.2) is 8.78 Å². The molecule has 2 atom stereocenters. The van der Waals surface area contributed by atoms with E-state index in [1.54, 1.807) is 11.1 Å². The van der Waals surface area contributed by atoms with Crippen LogP contribution < -0.4 is 10.6 Å². The van der Waals surface area contributed by atoms with E-state index in [0.717, 1.165) is 28.8 Å². The van der Waals surface area contributed by atoms with Gasteiger partial charge in [-0.15, -0.1) is 0 Å². The standard InChI is InChI=1S/C32H29ClF2N4O3/c1-17-3-2-4-27(39-12-10-20(15-29(39)41)30-23(34)7-6-22(33)31(30)35)26-14-18(9-11-36-26)21-13-19-5-8-28(40)37-24(19)16-25(21)38-32(17)42/h6-7,9,11,13-17,27H,2-5,8,10,12H2,1H3,(H,37,40)(H,38,42). The Hall–Kier alpha value is -4.11. The van der Waals surface area contributed by atoms with E-state index in [0.29, 0.717) is 49.2 Å². The molecule has 3 aliphatic rings. The molecule has 2 aromatic carbocycles. The van der Waals surface area contributed by atoms with Crippen LogP contribution in [0.1, 0.15) is 61.9 Å². The third-order valence-electron chi connectivity index (χ3n) is 8.34. The Morgan fingerprint density at radius 2 is 1.81 bits per heavy atom. The third kappa shape index (κ3) is 5.29. The Balaban J connectivity index is 1.40. The molecule has 2 bridgehead atoms. The molecule has 0 spiro atoms. The molecule has 216 valence electrons. The van der Waals surface area contributed by atoms with E-state index >= 15 is 0 Å². The monoisotopic (exact) mass is 590 g/mol. The third-order valence-corrected chi connectivity index (χ3v) is 8.63. The van der Waals surface area contributed by atoms with Crippen molar-refractivity contribution in [2.45, 2.75) is 51.5 Å². The fourth-order valence-electron chi connectivity index (χ4n) is 6.02. The number of carbonyl (C=O) groups excluding carboxylic acids is 3. The highest BCUT2D eigenvalue weighted by Gasteiger charge is 2.31. The summed E-state index contributed by atoms with van der Waals surface area (Å²) in [5.41, 5.74) is 4.55. The molecule has 2 unspecified atom stereocenters. The van der Waals surface area contributed by atoms with Gasteiger partial charge in [-0.3, -0.25) is 19.4 Å². The van der Waals surface area contributed by atoms with Crippen LogP contribution in [0, 0.1) is 17.6 Å². The van der Waals surface area contributed by atoms with Gasteiger partial charge in [0.25, 0.3) is 0 Å². The number of benzene rings is 2. The number of aromatic nitrogens is 1. The lowest BCUT2D eigenvalue weighted by Gasteiger charge is -2.34. The normalized spacial score (nSPS) is 20.8. The Kier molecular flexibility index (Phi) is 7.53. The number of nitrogens with zero attached hydrogens (tertiary/aromatic N) is 2. The molecular formula is C32H29ClF2N4O3. The van der Waals surface area contributed by atoms with Gasteiger partial charge in [-0.2, -0.15) is 0 Å². The summed E-state index contributed by atoms with van der Waals surface area (Å²) in [6.45, 7) is 2.11. The van der Waals surface area contributed by atoms with Crippen LogP contribution in [0.3, 0.4) is 0 Å². The summed E-state index contributed by atoms with van der Waals surface area (Å²) in [4.78, 5) is 45.1. The van der Waals surface area contributed by atoms with Crippen LogP contribution in [0.2, 0.25) is 5.02 Å². The number of carbonyl (C=O) groups is 3. The zero-order chi connectivity index (χ0) is 29.5. The zero-order valence-electron chi connectivity index (χ0n) is 23.0. The molecule has 0 saturated carbocycles. The molecular weight excluding hydrogens is 562 g/mol. The molecule has 0 fully saturated rings. The van der Waals surface area contributed by atoms with E-state index in [2.05, 4.69) is 15.6 Å². The number of pyridine rings is 1. The second-order valence-electron chi connectivity index (χ2n) is 11.1. The highest BCUT2D eigenvalue weighted by molar-refractivity contribution is 6.31. The summed E-state index contributed by atoms with van der Waals surface area (Å²) in [5, 5.41) is 5.76. The predicted octanol–water partition coefficient (Wildman–Crippen LogP) is 6.68. The molecule has 3 aromatic rings. The number of halogens is 3. The summed E-state index contributed by atoms with van der Waals surface area (Å²) in [6, 6.07) is 9.43. The number of hydrogen-bond donors (Lipinski definition) is 2. The van der Waals surface area contributed by atoms with Gasteiger partial charge in [0, 0.05) is 42.4 Å². The van der Waals surface area contributed by atoms with Crippen LogP contribution >= 0.6 is 11.6 Å². The zero-order valence-corrected chi connectivity index (χ0v) is 23.7. The lowest BCUT2D eigenvalue weighted by molar-refractivity contribution is -0.129. The number of amides is 3. The van der Waals surface area contributed by atoms with Gasteiger partial charge in [-0.1, -0.05) is 24.9 Å². The number of nitrogens with one attached hydrogen (secondary N) is 2. The summed E-state index contributed by atoms with van der Waals surface area (Å²) >= 11 is 5.90. The SMILES string of the molecule is CC1CCCC(N2CCC(c3c(F)ccc(Cl)c3F)=CC2=O)c2cc(ccn2)-c2cc3c(cc2NC1=O)NC(=O)CC3. The first-order chi connectivity index (χ1) is 20.2. The molecule has 10 heteroatoms. The fourth-order valence-corrected chi connectivity index (χ4v) is 6.18. The Bertz CT molecular complexity index is 1660. The van der Waals surface area contributed by atoms with Gasteiger partial charge in [0.15, 0.2) is 5.82 Å². The molecule has 42 heavy (non-hydrogen) atoms. The lowest BCUT2D eigenvalue weighted by atomic mass is 9.91. The quantitative estimate of drug-likeness (QED) is 0.326. The van der Waals surface area contributed by atoms with Crippen molar-refractivity contribution in [3.05, 3.63) is 82.1 Å². The maximum absolute atomic E-state index is 14.7. The van der Waals surface area contributed by atoms with Gasteiger partial charge in [-0.05, 0) is 78.8 Å². The van der Waals surface area contributed by atoms with E-state index in [-0.39, 0.29) is 52.8 Å². The number of hydrogen-bond acceptors (Lipinski definition) is 4. The van der Waals surface area contributed by atoms with Crippen molar-refractivity contribution in [1.29, 1.82) is 0 Å². The van der Waals surface area contributed by atoms with Crippen LogP contribution in [0.4, 0.5) is 20.2 Å². The van der Waals surface area contributed by atoms with Gasteiger partial charge in [0.05, 0.1) is 28.0 Å². The molecule has 1 aromatic heterocycles. The first-order valence-corrected chi connectivity index (χ1v) is 14.5. The second kappa shape index (κ2) is 11.3. The number of rotatable bonds is 2. The topological polar surface area (TPSA) is 91.4 Å². The van der Waals surface area contributed by atoms with Crippen LogP contribution in [-0.2, 0) is 20.8 Å². The summed E-state index contributed by atoms with van der Waals surface area (Å²) < 4.78 is 29.3. The number of aryl methyl sites for hydroxylation is 1. The van der Waals surface area contributed by atoms with E-state index in [1.807, 2.05) is 31.2 Å². The molecule has 0 radical (unpaired) electrons. The Morgan fingerprint density at radius 1 is 0.976 bits per heavy atom. The maximum atomic E-state index is 14.7. The number of anilines is 2. The average molecular weight is 591 g/mol. The molecule has 2 N–H and O–H groups in total. The Labute approximate surface area is 247 Å². The second-order valence-corrected chi connectivity index (χ2v) is 11.5. The van der Waals surface area contributed by atoms with Crippen LogP contribution in [0.5, 0.6) is 0 Å².